The highest BCUT2D eigenvalue weighted by Gasteiger charge is 2.19. The van der Waals surface area contributed by atoms with Crippen molar-refractivity contribution in [2.24, 2.45) is 0 Å². The molecule has 0 saturated heterocycles. The third kappa shape index (κ3) is 3.15. The minimum Gasteiger partial charge on any atom is -0.359 e. The van der Waals surface area contributed by atoms with Gasteiger partial charge in [0.1, 0.15) is 0 Å². The highest BCUT2D eigenvalue weighted by molar-refractivity contribution is 7.19. The van der Waals surface area contributed by atoms with Crippen molar-refractivity contribution in [1.29, 1.82) is 0 Å². The van der Waals surface area contributed by atoms with Gasteiger partial charge in [-0.05, 0) is 18.4 Å². The van der Waals surface area contributed by atoms with Gasteiger partial charge >= 0.3 is 0 Å². The average Bonchev–Trinajstić information content (AvgIpc) is 3.27. The Bertz CT molecular complexity index is 702. The largest absolute Gasteiger partial charge is 0.359 e. The molecule has 1 aliphatic rings. The molecular weight excluding hydrogens is 300 g/mol. The molecule has 1 aromatic heterocycles. The van der Waals surface area contributed by atoms with Crippen LogP contribution in [0.4, 0.5) is 5.13 Å². The number of rotatable bonds is 4. The Morgan fingerprint density at radius 2 is 1.43 bits per heavy atom. The number of nitrogens with one attached hydrogen (secondary N) is 1. The number of thiazole rings is 1. The van der Waals surface area contributed by atoms with Crippen molar-refractivity contribution in [3.8, 4) is 21.7 Å². The Morgan fingerprint density at radius 1 is 0.826 bits per heavy atom. The molecule has 3 heteroatoms. The quantitative estimate of drug-likeness (QED) is 0.654. The van der Waals surface area contributed by atoms with Crippen LogP contribution in [0.25, 0.3) is 21.7 Å². The van der Waals surface area contributed by atoms with Gasteiger partial charge in [0, 0.05) is 11.6 Å². The molecule has 1 saturated carbocycles. The zero-order chi connectivity index (χ0) is 15.5. The first-order chi connectivity index (χ1) is 11.4. The molecule has 0 spiro atoms. The lowest BCUT2D eigenvalue weighted by molar-refractivity contribution is 0.754. The van der Waals surface area contributed by atoms with Crippen molar-refractivity contribution in [3.63, 3.8) is 0 Å². The number of nitrogens with zero attached hydrogens (tertiary/aromatic N) is 1. The van der Waals surface area contributed by atoms with E-state index in [4.69, 9.17) is 4.98 Å². The molecule has 2 nitrogen and oxygen atoms in total. The summed E-state index contributed by atoms with van der Waals surface area (Å²) < 4.78 is 0. The van der Waals surface area contributed by atoms with Crippen LogP contribution < -0.4 is 5.32 Å². The smallest absolute Gasteiger partial charge is 0.184 e. The zero-order valence-electron chi connectivity index (χ0n) is 13.0. The fourth-order valence-electron chi connectivity index (χ4n) is 3.20. The lowest BCUT2D eigenvalue weighted by Crippen LogP contribution is -2.13. The third-order valence-corrected chi connectivity index (χ3v) is 5.43. The molecule has 4 rings (SSSR count). The summed E-state index contributed by atoms with van der Waals surface area (Å²) in [7, 11) is 0. The summed E-state index contributed by atoms with van der Waals surface area (Å²) in [5.74, 6) is 0. The molecular formula is C20H20N2S. The van der Waals surface area contributed by atoms with Gasteiger partial charge in [-0.15, -0.1) is 0 Å². The van der Waals surface area contributed by atoms with Gasteiger partial charge in [-0.25, -0.2) is 4.98 Å². The molecule has 0 amide bonds. The van der Waals surface area contributed by atoms with Crippen LogP contribution in [0.1, 0.15) is 25.7 Å². The number of benzene rings is 2. The van der Waals surface area contributed by atoms with Gasteiger partial charge in [-0.1, -0.05) is 84.8 Å². The first-order valence-electron chi connectivity index (χ1n) is 8.28. The zero-order valence-corrected chi connectivity index (χ0v) is 13.9. The van der Waals surface area contributed by atoms with Gasteiger partial charge < -0.3 is 5.32 Å². The van der Waals surface area contributed by atoms with Crippen molar-refractivity contribution in [2.75, 3.05) is 5.32 Å². The van der Waals surface area contributed by atoms with E-state index in [2.05, 4.69) is 66.0 Å². The van der Waals surface area contributed by atoms with Gasteiger partial charge in [0.25, 0.3) is 0 Å². The number of aromatic nitrogens is 1. The highest BCUT2D eigenvalue weighted by Crippen LogP contribution is 2.39. The SMILES string of the molecule is c1ccc(-c2nc(NC3CCCC3)sc2-c2ccccc2)cc1. The van der Waals surface area contributed by atoms with Crippen LogP contribution in [0.15, 0.2) is 60.7 Å². The molecule has 1 N–H and O–H groups in total. The first kappa shape index (κ1) is 14.5. The molecule has 1 aliphatic carbocycles. The van der Waals surface area contributed by atoms with E-state index in [1.807, 2.05) is 0 Å². The number of hydrogen-bond acceptors (Lipinski definition) is 3. The molecule has 2 aromatic carbocycles. The lowest BCUT2D eigenvalue weighted by Gasteiger charge is -2.09. The van der Waals surface area contributed by atoms with E-state index in [9.17, 15) is 0 Å². The Kier molecular flexibility index (Phi) is 4.12. The van der Waals surface area contributed by atoms with E-state index in [1.165, 1.54) is 41.7 Å². The van der Waals surface area contributed by atoms with Gasteiger partial charge in [0.2, 0.25) is 0 Å². The maximum absolute atomic E-state index is 4.93. The number of anilines is 1. The Morgan fingerprint density at radius 3 is 2.09 bits per heavy atom. The molecule has 0 radical (unpaired) electrons. The Balaban J connectivity index is 1.74. The fraction of sp³-hybridized carbons (Fsp3) is 0.250. The maximum atomic E-state index is 4.93. The van der Waals surface area contributed by atoms with Crippen LogP contribution in [0.5, 0.6) is 0 Å². The molecule has 0 bridgehead atoms. The van der Waals surface area contributed by atoms with Gasteiger partial charge in [-0.3, -0.25) is 0 Å². The average molecular weight is 320 g/mol. The summed E-state index contributed by atoms with van der Waals surface area (Å²) in [5, 5.41) is 4.70. The predicted molar refractivity (Wildman–Crippen MR) is 98.9 cm³/mol. The summed E-state index contributed by atoms with van der Waals surface area (Å²) in [6, 6.07) is 21.6. The second kappa shape index (κ2) is 6.55. The lowest BCUT2D eigenvalue weighted by atomic mass is 10.1. The van der Waals surface area contributed by atoms with Crippen LogP contribution in [-0.4, -0.2) is 11.0 Å². The molecule has 1 fully saturated rings. The predicted octanol–water partition coefficient (Wildman–Crippen LogP) is 5.83. The minimum atomic E-state index is 0.591. The van der Waals surface area contributed by atoms with E-state index < -0.39 is 0 Å². The summed E-state index contributed by atoms with van der Waals surface area (Å²) in [4.78, 5) is 6.18. The second-order valence-electron chi connectivity index (χ2n) is 6.05. The summed E-state index contributed by atoms with van der Waals surface area (Å²) >= 11 is 1.77. The first-order valence-corrected chi connectivity index (χ1v) is 9.10. The van der Waals surface area contributed by atoms with Gasteiger partial charge in [0.05, 0.1) is 10.6 Å². The van der Waals surface area contributed by atoms with E-state index in [0.29, 0.717) is 6.04 Å². The standard InChI is InChI=1S/C20H20N2S/c1-3-9-15(10-4-1)18-19(16-11-5-2-6-12-16)23-20(22-18)21-17-13-7-8-14-17/h1-6,9-12,17H,7-8,13-14H2,(H,21,22). The Labute approximate surface area is 141 Å². The third-order valence-electron chi connectivity index (χ3n) is 4.39. The summed E-state index contributed by atoms with van der Waals surface area (Å²) in [5.41, 5.74) is 3.51. The van der Waals surface area contributed by atoms with Crippen molar-refractivity contribution in [1.82, 2.24) is 4.98 Å². The molecule has 1 heterocycles. The molecule has 23 heavy (non-hydrogen) atoms. The molecule has 3 aromatic rings. The van der Waals surface area contributed by atoms with E-state index in [1.54, 1.807) is 11.3 Å². The molecule has 0 unspecified atom stereocenters. The van der Waals surface area contributed by atoms with E-state index in [-0.39, 0.29) is 0 Å². The summed E-state index contributed by atoms with van der Waals surface area (Å²) in [6.07, 6.45) is 5.20. The van der Waals surface area contributed by atoms with Crippen molar-refractivity contribution in [2.45, 2.75) is 31.7 Å². The topological polar surface area (TPSA) is 24.9 Å². The van der Waals surface area contributed by atoms with Crippen LogP contribution >= 0.6 is 11.3 Å². The van der Waals surface area contributed by atoms with Gasteiger partial charge in [-0.2, -0.15) is 0 Å². The Hall–Kier alpha value is -2.13. The molecule has 0 atom stereocenters. The normalized spacial score (nSPS) is 15.0. The van der Waals surface area contributed by atoms with E-state index in [0.717, 1.165) is 10.8 Å². The van der Waals surface area contributed by atoms with E-state index >= 15 is 0 Å². The van der Waals surface area contributed by atoms with Crippen LogP contribution in [-0.2, 0) is 0 Å². The van der Waals surface area contributed by atoms with Gasteiger partial charge in [0.15, 0.2) is 5.13 Å². The molecule has 0 aliphatic heterocycles. The van der Waals surface area contributed by atoms with Crippen LogP contribution in [0.3, 0.4) is 0 Å². The van der Waals surface area contributed by atoms with Crippen molar-refractivity contribution >= 4 is 16.5 Å². The fourth-order valence-corrected chi connectivity index (χ4v) is 4.27. The van der Waals surface area contributed by atoms with Crippen LogP contribution in [0.2, 0.25) is 0 Å². The highest BCUT2D eigenvalue weighted by atomic mass is 32.1. The summed E-state index contributed by atoms with van der Waals surface area (Å²) in [6.45, 7) is 0. The minimum absolute atomic E-state index is 0.591. The van der Waals surface area contributed by atoms with Crippen molar-refractivity contribution in [3.05, 3.63) is 60.7 Å². The van der Waals surface area contributed by atoms with Crippen LogP contribution in [0, 0.1) is 0 Å². The maximum Gasteiger partial charge on any atom is 0.184 e. The monoisotopic (exact) mass is 320 g/mol. The molecule has 116 valence electrons. The van der Waals surface area contributed by atoms with Crippen molar-refractivity contribution < 1.29 is 0 Å². The second-order valence-corrected chi connectivity index (χ2v) is 7.05. The number of hydrogen-bond donors (Lipinski definition) is 1.